The molecule has 0 saturated heterocycles. The first kappa shape index (κ1) is 17.9. The van der Waals surface area contributed by atoms with Crippen LogP contribution in [0.15, 0.2) is 42.5 Å². The van der Waals surface area contributed by atoms with E-state index in [4.69, 9.17) is 11.6 Å². The van der Waals surface area contributed by atoms with E-state index in [2.05, 4.69) is 0 Å². The van der Waals surface area contributed by atoms with Gasteiger partial charge in [-0.25, -0.2) is 0 Å². The lowest BCUT2D eigenvalue weighted by Gasteiger charge is -2.16. The number of hydrogen-bond donors (Lipinski definition) is 0. The third-order valence-corrected chi connectivity index (χ3v) is 4.66. The summed E-state index contributed by atoms with van der Waals surface area (Å²) in [6.45, 7) is 5.19. The third kappa shape index (κ3) is 3.13. The quantitative estimate of drug-likeness (QED) is 0.391. The molecule has 0 radical (unpaired) electrons. The molecule has 0 aliphatic heterocycles. The van der Waals surface area contributed by atoms with Crippen LogP contribution in [0, 0.1) is 30.9 Å². The van der Waals surface area contributed by atoms with E-state index in [0.29, 0.717) is 14.2 Å². The number of hydrogen-bond acceptors (Lipinski definition) is 3. The van der Waals surface area contributed by atoms with Crippen molar-refractivity contribution in [3.8, 4) is 0 Å². The highest BCUT2D eigenvalue weighted by Gasteiger charge is 2.25. The van der Waals surface area contributed by atoms with Crippen molar-refractivity contribution in [3.63, 3.8) is 0 Å². The maximum absolute atomic E-state index is 12.8. The number of aryl methyl sites for hydroxylation is 2. The standard InChI is InChI=1S/C20H17ClN2O3/c1-12-10-17-18(11-13(12)2)23(26)20(14(3)22(17)25)19(24)9-6-15-4-7-16(21)8-5-15/h4-11H,1-3H3/b9-6+. The molecule has 26 heavy (non-hydrogen) atoms. The number of allylic oxidation sites excluding steroid dienone is 1. The minimum atomic E-state index is -0.530. The second kappa shape index (κ2) is 6.77. The average Bonchev–Trinajstić information content (AvgIpc) is 2.61. The number of ketones is 1. The summed E-state index contributed by atoms with van der Waals surface area (Å²) in [6.07, 6.45) is 2.87. The van der Waals surface area contributed by atoms with Crippen LogP contribution < -0.4 is 4.43 Å². The number of halogens is 1. The molecule has 5 nitrogen and oxygen atoms in total. The van der Waals surface area contributed by atoms with Crippen molar-refractivity contribution >= 4 is 34.5 Å². The zero-order chi connectivity index (χ0) is 19.0. The molecule has 0 aliphatic rings. The molecule has 0 spiro atoms. The van der Waals surface area contributed by atoms with Gasteiger partial charge in [0, 0.05) is 16.0 Å². The summed E-state index contributed by atoms with van der Waals surface area (Å²) in [5.41, 5.74) is 2.86. The number of nitrogens with zero attached hydrogens (tertiary/aromatic N) is 2. The maximum Gasteiger partial charge on any atom is 0.329 e. The summed E-state index contributed by atoms with van der Waals surface area (Å²) in [4.78, 5) is 25.3. The van der Waals surface area contributed by atoms with Gasteiger partial charge in [0.05, 0.1) is 10.1 Å². The van der Waals surface area contributed by atoms with Crippen molar-refractivity contribution in [1.82, 2.24) is 4.73 Å². The van der Waals surface area contributed by atoms with Crippen molar-refractivity contribution < 1.29 is 9.22 Å². The number of carbonyl (C=O) groups excluding carboxylic acids is 1. The molecule has 0 atom stereocenters. The first-order valence-corrected chi connectivity index (χ1v) is 8.42. The van der Waals surface area contributed by atoms with Gasteiger partial charge in [-0.3, -0.25) is 4.79 Å². The Morgan fingerprint density at radius 1 is 1.12 bits per heavy atom. The number of aromatic nitrogens is 2. The minimum Gasteiger partial charge on any atom is -0.805 e. The molecule has 3 aromatic rings. The van der Waals surface area contributed by atoms with Crippen LogP contribution in [0.1, 0.15) is 32.9 Å². The summed E-state index contributed by atoms with van der Waals surface area (Å²) >= 11 is 5.84. The van der Waals surface area contributed by atoms with Crippen LogP contribution in [0.2, 0.25) is 5.02 Å². The van der Waals surface area contributed by atoms with E-state index in [1.165, 1.54) is 13.0 Å². The molecular weight excluding hydrogens is 352 g/mol. The van der Waals surface area contributed by atoms with Gasteiger partial charge in [0.15, 0.2) is 0 Å². The van der Waals surface area contributed by atoms with Crippen LogP contribution in [-0.4, -0.2) is 10.5 Å². The van der Waals surface area contributed by atoms with Gasteiger partial charge in [-0.2, -0.15) is 0 Å². The van der Waals surface area contributed by atoms with Gasteiger partial charge in [-0.1, -0.05) is 29.8 Å². The summed E-state index contributed by atoms with van der Waals surface area (Å²) in [5.74, 6) is -0.530. The highest BCUT2D eigenvalue weighted by Crippen LogP contribution is 2.19. The predicted octanol–water partition coefficient (Wildman–Crippen LogP) is 4.38. The van der Waals surface area contributed by atoms with Gasteiger partial charge in [-0.05, 0) is 61.7 Å². The van der Waals surface area contributed by atoms with Crippen LogP contribution in [0.3, 0.4) is 0 Å². The Labute approximate surface area is 155 Å². The normalized spacial score (nSPS) is 11.4. The number of rotatable bonds is 3. The summed E-state index contributed by atoms with van der Waals surface area (Å²) in [6, 6.07) is 10.2. The van der Waals surface area contributed by atoms with Crippen molar-refractivity contribution in [1.29, 1.82) is 0 Å². The fourth-order valence-electron chi connectivity index (χ4n) is 2.76. The van der Waals surface area contributed by atoms with E-state index in [0.717, 1.165) is 16.7 Å². The second-order valence-corrected chi connectivity index (χ2v) is 6.63. The SMILES string of the molecule is Cc1cc2c(cc1C)[n+](=O)c(C(=O)/C=C/c1ccc(Cl)cc1)c(C)n2[O-]. The summed E-state index contributed by atoms with van der Waals surface area (Å²) in [5, 5.41) is 13.1. The molecule has 0 N–H and O–H groups in total. The summed E-state index contributed by atoms with van der Waals surface area (Å²) < 4.78 is 1.18. The van der Waals surface area contributed by atoms with E-state index in [9.17, 15) is 14.9 Å². The Kier molecular flexibility index (Phi) is 4.66. The highest BCUT2D eigenvalue weighted by molar-refractivity contribution is 6.30. The molecule has 0 amide bonds. The zero-order valence-corrected chi connectivity index (χ0v) is 15.4. The molecule has 0 fully saturated rings. The van der Waals surface area contributed by atoms with E-state index in [-0.39, 0.29) is 22.4 Å². The number of carbonyl (C=O) groups is 1. The molecule has 0 bridgehead atoms. The number of fused-ring (bicyclic) bond motifs is 1. The smallest absolute Gasteiger partial charge is 0.329 e. The van der Waals surface area contributed by atoms with Crippen molar-refractivity contribution in [3.05, 3.63) is 85.7 Å². The van der Waals surface area contributed by atoms with Crippen LogP contribution >= 0.6 is 11.6 Å². The van der Waals surface area contributed by atoms with E-state index in [1.807, 2.05) is 13.8 Å². The molecule has 1 aromatic heterocycles. The third-order valence-electron chi connectivity index (χ3n) is 4.41. The van der Waals surface area contributed by atoms with Gasteiger partial charge in [0.25, 0.3) is 11.3 Å². The fourth-order valence-corrected chi connectivity index (χ4v) is 2.88. The molecule has 2 aromatic carbocycles. The van der Waals surface area contributed by atoms with Crippen LogP contribution in [0.5, 0.6) is 0 Å². The molecule has 0 saturated carbocycles. The first-order valence-electron chi connectivity index (χ1n) is 8.04. The van der Waals surface area contributed by atoms with E-state index in [1.54, 1.807) is 42.5 Å². The Morgan fingerprint density at radius 3 is 2.38 bits per heavy atom. The van der Waals surface area contributed by atoms with Gasteiger partial charge < -0.3 is 9.94 Å². The van der Waals surface area contributed by atoms with E-state index >= 15 is 0 Å². The lowest BCUT2D eigenvalue weighted by molar-refractivity contribution is -0.468. The molecule has 132 valence electrons. The molecular formula is C20H17ClN2O3. The monoisotopic (exact) mass is 368 g/mol. The molecule has 6 heteroatoms. The topological polar surface area (TPSA) is 68.0 Å². The summed E-state index contributed by atoms with van der Waals surface area (Å²) in [7, 11) is 0. The lowest BCUT2D eigenvalue weighted by atomic mass is 10.1. The molecule has 1 heterocycles. The van der Waals surface area contributed by atoms with Gasteiger partial charge in [-0.15, -0.1) is 0 Å². The lowest BCUT2D eigenvalue weighted by Crippen LogP contribution is -2.30. The number of benzene rings is 2. The molecule has 3 rings (SSSR count). The van der Waals surface area contributed by atoms with Crippen molar-refractivity contribution in [2.24, 2.45) is 0 Å². The molecule has 0 aliphatic carbocycles. The van der Waals surface area contributed by atoms with E-state index < -0.39 is 5.78 Å². The highest BCUT2D eigenvalue weighted by atomic mass is 35.5. The fraction of sp³-hybridized carbons (Fsp3) is 0.150. The second-order valence-electron chi connectivity index (χ2n) is 6.20. The minimum absolute atomic E-state index is 0.0708. The molecule has 0 unspecified atom stereocenters. The Morgan fingerprint density at radius 2 is 1.73 bits per heavy atom. The van der Waals surface area contributed by atoms with Crippen LogP contribution in [-0.2, 0) is 0 Å². The average molecular weight is 369 g/mol. The van der Waals surface area contributed by atoms with Gasteiger partial charge in [0.1, 0.15) is 5.52 Å². The largest absolute Gasteiger partial charge is 0.805 e. The van der Waals surface area contributed by atoms with Gasteiger partial charge >= 0.3 is 5.69 Å². The van der Waals surface area contributed by atoms with Crippen molar-refractivity contribution in [2.75, 3.05) is 0 Å². The Balaban J connectivity index is 2.12. The Hall–Kier alpha value is -2.92. The zero-order valence-electron chi connectivity index (χ0n) is 14.6. The predicted molar refractivity (Wildman–Crippen MR) is 103 cm³/mol. The van der Waals surface area contributed by atoms with Crippen LogP contribution in [0.4, 0.5) is 0 Å². The maximum atomic E-state index is 12.8. The van der Waals surface area contributed by atoms with Crippen LogP contribution in [0.25, 0.3) is 17.1 Å². The Bertz CT molecular complexity index is 1110. The first-order chi connectivity index (χ1) is 12.3. The van der Waals surface area contributed by atoms with Crippen molar-refractivity contribution in [2.45, 2.75) is 20.8 Å². The van der Waals surface area contributed by atoms with Gasteiger partial charge in [0.2, 0.25) is 0 Å².